The molecule has 0 radical (unpaired) electrons. The summed E-state index contributed by atoms with van der Waals surface area (Å²) in [6.45, 7) is 6.69. The molecule has 2 N–H and O–H groups in total. The molecule has 4 heteroatoms. The third kappa shape index (κ3) is 3.76. The molecule has 0 aromatic heterocycles. The van der Waals surface area contributed by atoms with Crippen molar-refractivity contribution in [2.75, 3.05) is 39.8 Å². The largest absolute Gasteiger partial charge is 0.344 e. The Balaban J connectivity index is 2.27. The minimum atomic E-state index is 0.00331. The summed E-state index contributed by atoms with van der Waals surface area (Å²) in [5.74, 6) is 0.202. The molecule has 94 valence electrons. The molecule has 0 saturated carbocycles. The van der Waals surface area contributed by atoms with Crippen molar-refractivity contribution < 1.29 is 4.79 Å². The van der Waals surface area contributed by atoms with Gasteiger partial charge in [0.1, 0.15) is 0 Å². The molecule has 1 aliphatic heterocycles. The molecule has 0 aliphatic carbocycles. The lowest BCUT2D eigenvalue weighted by Crippen LogP contribution is -2.40. The van der Waals surface area contributed by atoms with Crippen LogP contribution in [0.3, 0.4) is 0 Å². The Morgan fingerprint density at radius 1 is 1.44 bits per heavy atom. The van der Waals surface area contributed by atoms with Crippen LogP contribution in [0.4, 0.5) is 0 Å². The number of likely N-dealkylation sites (N-methyl/N-ethyl adjacent to an activating group) is 1. The lowest BCUT2D eigenvalue weighted by molar-refractivity contribution is -0.134. The molecule has 4 nitrogen and oxygen atoms in total. The molecule has 1 heterocycles. The van der Waals surface area contributed by atoms with Crippen LogP contribution in [0.25, 0.3) is 0 Å². The lowest BCUT2D eigenvalue weighted by Gasteiger charge is -2.24. The van der Waals surface area contributed by atoms with E-state index < -0.39 is 0 Å². The van der Waals surface area contributed by atoms with E-state index in [4.69, 9.17) is 5.73 Å². The first-order chi connectivity index (χ1) is 7.69. The van der Waals surface area contributed by atoms with E-state index in [1.165, 1.54) is 25.9 Å². The number of amides is 1. The summed E-state index contributed by atoms with van der Waals surface area (Å²) in [5, 5.41) is 0. The Bertz CT molecular complexity index is 210. The normalized spacial score (nSPS) is 18.7. The molecule has 1 rings (SSSR count). The fourth-order valence-corrected chi connectivity index (χ4v) is 2.16. The van der Waals surface area contributed by atoms with E-state index in [0.29, 0.717) is 6.54 Å². The SMILES string of the molecule is CCC(CN)C(=O)N(C)CCN1CCCC1. The highest BCUT2D eigenvalue weighted by atomic mass is 16.2. The summed E-state index contributed by atoms with van der Waals surface area (Å²) in [7, 11) is 1.89. The summed E-state index contributed by atoms with van der Waals surface area (Å²) in [6, 6.07) is 0. The van der Waals surface area contributed by atoms with Crippen molar-refractivity contribution in [3.05, 3.63) is 0 Å². The third-order valence-electron chi connectivity index (χ3n) is 3.45. The van der Waals surface area contributed by atoms with Crippen LogP contribution in [0.1, 0.15) is 26.2 Å². The van der Waals surface area contributed by atoms with Crippen LogP contribution in [-0.2, 0) is 4.79 Å². The summed E-state index contributed by atoms with van der Waals surface area (Å²) in [5.41, 5.74) is 5.58. The minimum Gasteiger partial charge on any atom is -0.344 e. The van der Waals surface area contributed by atoms with Crippen LogP contribution < -0.4 is 5.73 Å². The summed E-state index contributed by atoms with van der Waals surface area (Å²) < 4.78 is 0. The zero-order valence-electron chi connectivity index (χ0n) is 10.6. The zero-order chi connectivity index (χ0) is 12.0. The molecule has 1 unspecified atom stereocenters. The van der Waals surface area contributed by atoms with Gasteiger partial charge in [-0.1, -0.05) is 6.92 Å². The van der Waals surface area contributed by atoms with Gasteiger partial charge in [-0.15, -0.1) is 0 Å². The second-order valence-electron chi connectivity index (χ2n) is 4.65. The molecule has 0 spiro atoms. The first kappa shape index (κ1) is 13.5. The van der Waals surface area contributed by atoms with Gasteiger partial charge in [-0.25, -0.2) is 0 Å². The number of carbonyl (C=O) groups excluding carboxylic acids is 1. The second-order valence-corrected chi connectivity index (χ2v) is 4.65. The molecule has 0 bridgehead atoms. The minimum absolute atomic E-state index is 0.00331. The van der Waals surface area contributed by atoms with Crippen LogP contribution in [0.2, 0.25) is 0 Å². The number of nitrogens with zero attached hydrogens (tertiary/aromatic N) is 2. The summed E-state index contributed by atoms with van der Waals surface area (Å²) in [4.78, 5) is 16.2. The van der Waals surface area contributed by atoms with Crippen molar-refractivity contribution >= 4 is 5.91 Å². The number of hydrogen-bond donors (Lipinski definition) is 1. The predicted molar refractivity (Wildman–Crippen MR) is 66.1 cm³/mol. The van der Waals surface area contributed by atoms with Gasteiger partial charge in [0.05, 0.1) is 5.92 Å². The predicted octanol–water partition coefficient (Wildman–Crippen LogP) is 0.526. The fraction of sp³-hybridized carbons (Fsp3) is 0.917. The molecule has 1 amide bonds. The Morgan fingerprint density at radius 2 is 2.06 bits per heavy atom. The van der Waals surface area contributed by atoms with Gasteiger partial charge in [0.25, 0.3) is 0 Å². The maximum absolute atomic E-state index is 11.9. The summed E-state index contributed by atoms with van der Waals surface area (Å²) >= 11 is 0. The number of likely N-dealkylation sites (tertiary alicyclic amines) is 1. The van der Waals surface area contributed by atoms with E-state index in [1.807, 2.05) is 18.9 Å². The highest BCUT2D eigenvalue weighted by Crippen LogP contribution is 2.08. The van der Waals surface area contributed by atoms with Crippen molar-refractivity contribution in [3.63, 3.8) is 0 Å². The highest BCUT2D eigenvalue weighted by Gasteiger charge is 2.19. The van der Waals surface area contributed by atoms with E-state index in [2.05, 4.69) is 4.90 Å². The average molecular weight is 227 g/mol. The van der Waals surface area contributed by atoms with Crippen molar-refractivity contribution in [1.29, 1.82) is 0 Å². The summed E-state index contributed by atoms with van der Waals surface area (Å²) in [6.07, 6.45) is 3.44. The molecular formula is C12H25N3O. The average Bonchev–Trinajstić information content (AvgIpc) is 2.80. The fourth-order valence-electron chi connectivity index (χ4n) is 2.16. The smallest absolute Gasteiger partial charge is 0.226 e. The van der Waals surface area contributed by atoms with Gasteiger partial charge in [-0.3, -0.25) is 4.79 Å². The maximum atomic E-state index is 11.9. The number of rotatable bonds is 6. The van der Waals surface area contributed by atoms with Crippen molar-refractivity contribution in [2.45, 2.75) is 26.2 Å². The van der Waals surface area contributed by atoms with Crippen LogP contribution in [0, 0.1) is 5.92 Å². The third-order valence-corrected chi connectivity index (χ3v) is 3.45. The molecule has 0 aromatic carbocycles. The van der Waals surface area contributed by atoms with Crippen molar-refractivity contribution in [3.8, 4) is 0 Å². The van der Waals surface area contributed by atoms with Gasteiger partial charge in [0.15, 0.2) is 0 Å². The van der Waals surface area contributed by atoms with E-state index in [9.17, 15) is 4.79 Å². The topological polar surface area (TPSA) is 49.6 Å². The van der Waals surface area contributed by atoms with E-state index in [1.54, 1.807) is 0 Å². The number of hydrogen-bond acceptors (Lipinski definition) is 3. The van der Waals surface area contributed by atoms with Crippen LogP contribution in [0.15, 0.2) is 0 Å². The molecule has 16 heavy (non-hydrogen) atoms. The van der Waals surface area contributed by atoms with Gasteiger partial charge in [-0.05, 0) is 32.4 Å². The van der Waals surface area contributed by atoms with Gasteiger partial charge in [0, 0.05) is 26.7 Å². The van der Waals surface area contributed by atoms with E-state index in [0.717, 1.165) is 19.5 Å². The molecule has 1 aliphatic rings. The quantitative estimate of drug-likeness (QED) is 0.720. The van der Waals surface area contributed by atoms with Gasteiger partial charge in [-0.2, -0.15) is 0 Å². The molecule has 1 atom stereocenters. The van der Waals surface area contributed by atoms with Crippen molar-refractivity contribution in [2.24, 2.45) is 11.7 Å². The Kier molecular flexibility index (Phi) is 5.77. The first-order valence-electron chi connectivity index (χ1n) is 6.36. The molecular weight excluding hydrogens is 202 g/mol. The molecule has 1 fully saturated rings. The van der Waals surface area contributed by atoms with Crippen LogP contribution in [0.5, 0.6) is 0 Å². The maximum Gasteiger partial charge on any atom is 0.226 e. The Labute approximate surface area is 98.8 Å². The van der Waals surface area contributed by atoms with Crippen LogP contribution in [-0.4, -0.2) is 55.5 Å². The number of carbonyl (C=O) groups is 1. The lowest BCUT2D eigenvalue weighted by atomic mass is 10.1. The zero-order valence-corrected chi connectivity index (χ0v) is 10.6. The van der Waals surface area contributed by atoms with Gasteiger partial charge >= 0.3 is 0 Å². The standard InChI is InChI=1S/C12H25N3O/c1-3-11(10-13)12(16)14(2)8-9-15-6-4-5-7-15/h11H,3-10,13H2,1-2H3. The number of nitrogens with two attached hydrogens (primary N) is 1. The van der Waals surface area contributed by atoms with Gasteiger partial charge in [0.2, 0.25) is 5.91 Å². The Hall–Kier alpha value is -0.610. The first-order valence-corrected chi connectivity index (χ1v) is 6.36. The van der Waals surface area contributed by atoms with E-state index in [-0.39, 0.29) is 11.8 Å². The van der Waals surface area contributed by atoms with Crippen LogP contribution >= 0.6 is 0 Å². The molecule has 0 aromatic rings. The second kappa shape index (κ2) is 6.86. The van der Waals surface area contributed by atoms with E-state index >= 15 is 0 Å². The molecule has 1 saturated heterocycles. The highest BCUT2D eigenvalue weighted by molar-refractivity contribution is 5.78. The van der Waals surface area contributed by atoms with Gasteiger partial charge < -0.3 is 15.5 Å². The Morgan fingerprint density at radius 3 is 2.56 bits per heavy atom. The monoisotopic (exact) mass is 227 g/mol. The van der Waals surface area contributed by atoms with Crippen molar-refractivity contribution in [1.82, 2.24) is 9.80 Å².